The Hall–Kier alpha value is -1.89. The van der Waals surface area contributed by atoms with Gasteiger partial charge in [-0.3, -0.25) is 4.79 Å². The van der Waals surface area contributed by atoms with Gasteiger partial charge in [0.2, 0.25) is 0 Å². The number of likely N-dealkylation sites (tertiary alicyclic amines) is 1. The van der Waals surface area contributed by atoms with E-state index in [-0.39, 0.29) is 17.8 Å². The van der Waals surface area contributed by atoms with E-state index in [0.717, 1.165) is 45.2 Å². The first kappa shape index (κ1) is 14.1. The van der Waals surface area contributed by atoms with E-state index in [9.17, 15) is 14.9 Å². The number of H-pyrrole nitrogens is 1. The van der Waals surface area contributed by atoms with Crippen molar-refractivity contribution in [2.45, 2.75) is 44.2 Å². The number of aromatic amines is 1. The molecule has 2 aliphatic rings. The zero-order valence-corrected chi connectivity index (χ0v) is 11.9. The number of hydrogen-bond acceptors (Lipinski definition) is 4. The molecule has 3 rings (SSSR count). The van der Waals surface area contributed by atoms with Crippen molar-refractivity contribution in [1.82, 2.24) is 15.2 Å². The normalized spacial score (nSPS) is 26.0. The van der Waals surface area contributed by atoms with E-state index in [1.807, 2.05) is 4.90 Å². The highest BCUT2D eigenvalue weighted by atomic mass is 16.6. The molecule has 0 aliphatic carbocycles. The number of rotatable bonds is 3. The molecule has 0 aromatic carbocycles. The molecule has 2 N–H and O–H groups in total. The first-order chi connectivity index (χ1) is 10.2. The van der Waals surface area contributed by atoms with Crippen LogP contribution in [0.3, 0.4) is 0 Å². The summed E-state index contributed by atoms with van der Waals surface area (Å²) in [6, 6.07) is 3.42. The molecule has 3 heterocycles. The minimum Gasteiger partial charge on any atom is -0.358 e. The summed E-state index contributed by atoms with van der Waals surface area (Å²) >= 11 is 0. The number of piperidine rings is 1. The molecule has 2 atom stereocenters. The lowest BCUT2D eigenvalue weighted by atomic mass is 9.94. The SMILES string of the molecule is O=C(c1ccc([N+](=O)[O-])[nH]1)N1CCCCC1C1CCCN1. The summed E-state index contributed by atoms with van der Waals surface area (Å²) in [5.74, 6) is -0.257. The Morgan fingerprint density at radius 3 is 2.81 bits per heavy atom. The van der Waals surface area contributed by atoms with E-state index in [0.29, 0.717) is 11.7 Å². The van der Waals surface area contributed by atoms with Crippen molar-refractivity contribution in [2.24, 2.45) is 0 Å². The summed E-state index contributed by atoms with van der Waals surface area (Å²) in [7, 11) is 0. The molecule has 1 amide bonds. The Morgan fingerprint density at radius 2 is 2.14 bits per heavy atom. The zero-order valence-electron chi connectivity index (χ0n) is 11.9. The van der Waals surface area contributed by atoms with Gasteiger partial charge < -0.3 is 20.3 Å². The predicted molar refractivity (Wildman–Crippen MR) is 77.1 cm³/mol. The fourth-order valence-corrected chi connectivity index (χ4v) is 3.44. The topological polar surface area (TPSA) is 91.3 Å². The summed E-state index contributed by atoms with van der Waals surface area (Å²) in [4.78, 5) is 27.4. The summed E-state index contributed by atoms with van der Waals surface area (Å²) in [6.07, 6.45) is 5.39. The lowest BCUT2D eigenvalue weighted by Gasteiger charge is -2.38. The molecule has 114 valence electrons. The van der Waals surface area contributed by atoms with Crippen molar-refractivity contribution < 1.29 is 9.72 Å². The molecule has 0 bridgehead atoms. The van der Waals surface area contributed by atoms with E-state index in [2.05, 4.69) is 10.3 Å². The van der Waals surface area contributed by atoms with Crippen molar-refractivity contribution in [3.8, 4) is 0 Å². The third kappa shape index (κ3) is 2.78. The van der Waals surface area contributed by atoms with Crippen LogP contribution in [-0.2, 0) is 0 Å². The van der Waals surface area contributed by atoms with Crippen molar-refractivity contribution in [2.75, 3.05) is 13.1 Å². The summed E-state index contributed by atoms with van der Waals surface area (Å²) < 4.78 is 0. The van der Waals surface area contributed by atoms with Gasteiger partial charge in [-0.2, -0.15) is 0 Å². The van der Waals surface area contributed by atoms with Gasteiger partial charge in [-0.05, 0) is 49.6 Å². The third-order valence-corrected chi connectivity index (χ3v) is 4.47. The first-order valence-corrected chi connectivity index (χ1v) is 7.54. The Kier molecular flexibility index (Phi) is 3.92. The highest BCUT2D eigenvalue weighted by Gasteiger charge is 2.35. The monoisotopic (exact) mass is 292 g/mol. The summed E-state index contributed by atoms with van der Waals surface area (Å²) in [6.45, 7) is 1.74. The molecule has 7 heteroatoms. The van der Waals surface area contributed by atoms with Crippen molar-refractivity contribution in [3.63, 3.8) is 0 Å². The lowest BCUT2D eigenvalue weighted by molar-refractivity contribution is -0.389. The predicted octanol–water partition coefficient (Wildman–Crippen LogP) is 1.67. The van der Waals surface area contributed by atoms with Gasteiger partial charge in [-0.15, -0.1) is 0 Å². The van der Waals surface area contributed by atoms with Crippen LogP contribution in [0.25, 0.3) is 0 Å². The van der Waals surface area contributed by atoms with Crippen LogP contribution in [0.1, 0.15) is 42.6 Å². The smallest absolute Gasteiger partial charge is 0.321 e. The largest absolute Gasteiger partial charge is 0.358 e. The molecule has 7 nitrogen and oxygen atoms in total. The molecule has 1 aromatic rings. The summed E-state index contributed by atoms with van der Waals surface area (Å²) in [5, 5.41) is 14.2. The quantitative estimate of drug-likeness (QED) is 0.655. The van der Waals surface area contributed by atoms with Crippen LogP contribution in [0.4, 0.5) is 5.82 Å². The third-order valence-electron chi connectivity index (χ3n) is 4.47. The lowest BCUT2D eigenvalue weighted by Crippen LogP contribution is -2.52. The van der Waals surface area contributed by atoms with Gasteiger partial charge in [0.05, 0.1) is 0 Å². The first-order valence-electron chi connectivity index (χ1n) is 7.54. The fourth-order valence-electron chi connectivity index (χ4n) is 3.44. The van der Waals surface area contributed by atoms with Crippen LogP contribution in [0.5, 0.6) is 0 Å². The molecular weight excluding hydrogens is 272 g/mol. The van der Waals surface area contributed by atoms with Gasteiger partial charge in [0.1, 0.15) is 0 Å². The van der Waals surface area contributed by atoms with Crippen LogP contribution in [0.2, 0.25) is 0 Å². The van der Waals surface area contributed by atoms with E-state index in [1.54, 1.807) is 0 Å². The molecule has 21 heavy (non-hydrogen) atoms. The molecule has 0 spiro atoms. The number of hydrogen-bond donors (Lipinski definition) is 2. The Labute approximate surface area is 122 Å². The molecular formula is C14H20N4O3. The fraction of sp³-hybridized carbons (Fsp3) is 0.643. The molecule has 0 radical (unpaired) electrons. The van der Waals surface area contributed by atoms with E-state index < -0.39 is 4.92 Å². The van der Waals surface area contributed by atoms with Crippen LogP contribution < -0.4 is 5.32 Å². The molecule has 2 aliphatic heterocycles. The van der Waals surface area contributed by atoms with Crippen molar-refractivity contribution in [3.05, 3.63) is 27.9 Å². The van der Waals surface area contributed by atoms with Gasteiger partial charge in [-0.25, -0.2) is 4.98 Å². The maximum atomic E-state index is 12.6. The van der Waals surface area contributed by atoms with Crippen molar-refractivity contribution >= 4 is 11.7 Å². The molecule has 0 saturated carbocycles. The highest BCUT2D eigenvalue weighted by molar-refractivity contribution is 5.93. The number of aromatic nitrogens is 1. The Balaban J connectivity index is 1.78. The molecule has 2 saturated heterocycles. The molecule has 1 aromatic heterocycles. The minimum absolute atomic E-state index is 0.124. The van der Waals surface area contributed by atoms with Crippen LogP contribution in [-0.4, -0.2) is 45.9 Å². The Morgan fingerprint density at radius 1 is 1.29 bits per heavy atom. The zero-order chi connectivity index (χ0) is 14.8. The van der Waals surface area contributed by atoms with Crippen LogP contribution in [0.15, 0.2) is 12.1 Å². The summed E-state index contributed by atoms with van der Waals surface area (Å²) in [5.41, 5.74) is 0.312. The van der Waals surface area contributed by atoms with Crippen molar-refractivity contribution in [1.29, 1.82) is 0 Å². The van der Waals surface area contributed by atoms with Gasteiger partial charge >= 0.3 is 5.82 Å². The van der Waals surface area contributed by atoms with Gasteiger partial charge in [0, 0.05) is 24.7 Å². The van der Waals surface area contributed by atoms with Gasteiger partial charge in [-0.1, -0.05) is 0 Å². The Bertz CT molecular complexity index is 536. The number of nitrogens with zero attached hydrogens (tertiary/aromatic N) is 2. The molecule has 2 unspecified atom stereocenters. The average molecular weight is 292 g/mol. The minimum atomic E-state index is -0.511. The average Bonchev–Trinajstić information content (AvgIpc) is 3.18. The van der Waals surface area contributed by atoms with Gasteiger partial charge in [0.25, 0.3) is 5.91 Å². The van der Waals surface area contributed by atoms with Crippen LogP contribution >= 0.6 is 0 Å². The second-order valence-electron chi connectivity index (χ2n) is 5.78. The molecule has 2 fully saturated rings. The number of amides is 1. The van der Waals surface area contributed by atoms with E-state index in [1.165, 1.54) is 12.1 Å². The maximum Gasteiger partial charge on any atom is 0.321 e. The van der Waals surface area contributed by atoms with E-state index >= 15 is 0 Å². The second-order valence-corrected chi connectivity index (χ2v) is 5.78. The van der Waals surface area contributed by atoms with Gasteiger partial charge in [0.15, 0.2) is 5.69 Å². The number of nitrogens with one attached hydrogen (secondary N) is 2. The highest BCUT2D eigenvalue weighted by Crippen LogP contribution is 2.26. The van der Waals surface area contributed by atoms with Crippen LogP contribution in [0, 0.1) is 10.1 Å². The number of carbonyl (C=O) groups excluding carboxylic acids is 1. The number of nitro groups is 1. The second kappa shape index (κ2) is 5.85. The maximum absolute atomic E-state index is 12.6. The standard InChI is InChI=1S/C14H20N4O3/c19-14(11-6-7-13(16-11)18(20)21)17-9-2-1-5-12(17)10-4-3-8-15-10/h6-7,10,12,15-16H,1-5,8-9H2. The number of carbonyl (C=O) groups is 1. The van der Waals surface area contributed by atoms with E-state index in [4.69, 9.17) is 0 Å².